The van der Waals surface area contributed by atoms with Crippen LogP contribution >= 0.6 is 23.2 Å². The van der Waals surface area contributed by atoms with E-state index in [2.05, 4.69) is 0 Å². The first-order chi connectivity index (χ1) is 13.7. The fourth-order valence-electron chi connectivity index (χ4n) is 2.65. The first-order valence-electron chi connectivity index (χ1n) is 8.74. The fourth-order valence-corrected chi connectivity index (χ4v) is 4.32. The second-order valence-electron chi connectivity index (χ2n) is 6.59. The molecule has 0 N–H and O–H groups in total. The third-order valence-electron chi connectivity index (χ3n) is 4.28. The number of benzene rings is 3. The summed E-state index contributed by atoms with van der Waals surface area (Å²) in [5, 5.41) is 0.817. The third-order valence-corrected chi connectivity index (χ3v) is 6.72. The monoisotopic (exact) mass is 448 g/mol. The third kappa shape index (κ3) is 5.60. The molecule has 0 saturated heterocycles. The molecule has 0 amide bonds. The van der Waals surface area contributed by atoms with E-state index in [0.717, 1.165) is 5.56 Å². The molecule has 0 saturated carbocycles. The Kier molecular flexibility index (Phi) is 6.63. The van der Waals surface area contributed by atoms with Crippen molar-refractivity contribution < 1.29 is 17.9 Å². The Hall–Kier alpha value is -2.34. The minimum absolute atomic E-state index is 0.0548. The maximum atomic E-state index is 12.5. The summed E-state index contributed by atoms with van der Waals surface area (Å²) in [6, 6.07) is 18.0. The van der Waals surface area contributed by atoms with Gasteiger partial charge in [0.1, 0.15) is 6.61 Å². The molecule has 0 unspecified atom stereocenters. The molecule has 4 nitrogen and oxygen atoms in total. The summed E-state index contributed by atoms with van der Waals surface area (Å²) in [6.45, 7) is 1.95. The molecule has 3 aromatic carbocycles. The number of hydrogen-bond donors (Lipinski definition) is 0. The van der Waals surface area contributed by atoms with Crippen LogP contribution < -0.4 is 0 Å². The molecule has 0 aromatic heterocycles. The van der Waals surface area contributed by atoms with Gasteiger partial charge in [-0.25, -0.2) is 13.2 Å². The number of hydrogen-bond acceptors (Lipinski definition) is 4. The Morgan fingerprint density at radius 3 is 2.10 bits per heavy atom. The van der Waals surface area contributed by atoms with Crippen molar-refractivity contribution >= 4 is 39.0 Å². The molecular formula is C22H18Cl2O4S. The molecule has 3 aromatic rings. The average molecular weight is 449 g/mol. The summed E-state index contributed by atoms with van der Waals surface area (Å²) in [5.41, 5.74) is 2.63. The molecule has 0 atom stereocenters. The molecule has 0 aliphatic carbocycles. The molecule has 0 aliphatic rings. The van der Waals surface area contributed by atoms with Gasteiger partial charge in [0.15, 0.2) is 9.84 Å². The van der Waals surface area contributed by atoms with Crippen molar-refractivity contribution in [3.05, 3.63) is 99.0 Å². The zero-order chi connectivity index (χ0) is 21.0. The molecule has 0 bridgehead atoms. The van der Waals surface area contributed by atoms with Crippen LogP contribution in [0.3, 0.4) is 0 Å². The first-order valence-corrected chi connectivity index (χ1v) is 11.1. The number of rotatable bonds is 6. The zero-order valence-corrected chi connectivity index (χ0v) is 17.9. The van der Waals surface area contributed by atoms with Crippen molar-refractivity contribution in [1.29, 1.82) is 0 Å². The number of sulfone groups is 1. The summed E-state index contributed by atoms with van der Waals surface area (Å²) in [7, 11) is -3.46. The number of esters is 1. The van der Waals surface area contributed by atoms with E-state index in [9.17, 15) is 13.2 Å². The highest BCUT2D eigenvalue weighted by molar-refractivity contribution is 7.90. The van der Waals surface area contributed by atoms with Gasteiger partial charge in [-0.2, -0.15) is 0 Å². The Bertz CT molecular complexity index is 1120. The quantitative estimate of drug-likeness (QED) is 0.458. The Morgan fingerprint density at radius 1 is 0.862 bits per heavy atom. The lowest BCUT2D eigenvalue weighted by atomic mass is 10.1. The predicted octanol–water partition coefficient (Wildman–Crippen LogP) is 5.63. The van der Waals surface area contributed by atoms with Crippen LogP contribution in [-0.4, -0.2) is 14.4 Å². The van der Waals surface area contributed by atoms with Gasteiger partial charge in [0.2, 0.25) is 0 Å². The molecule has 150 valence electrons. The van der Waals surface area contributed by atoms with Gasteiger partial charge in [-0.05, 0) is 54.4 Å². The van der Waals surface area contributed by atoms with Gasteiger partial charge < -0.3 is 4.74 Å². The number of halogens is 2. The summed E-state index contributed by atoms with van der Waals surface area (Å²) in [4.78, 5) is 12.5. The van der Waals surface area contributed by atoms with Crippen molar-refractivity contribution in [2.45, 2.75) is 24.2 Å². The van der Waals surface area contributed by atoms with E-state index in [4.69, 9.17) is 27.9 Å². The normalized spacial score (nSPS) is 11.3. The van der Waals surface area contributed by atoms with E-state index in [1.807, 2.05) is 6.92 Å². The highest BCUT2D eigenvalue weighted by atomic mass is 35.5. The molecule has 0 spiro atoms. The SMILES string of the molecule is Cc1ccc(S(=O)(=O)Cc2ccc(C(=O)OCc3ccc(Cl)c(Cl)c3)cc2)cc1. The predicted molar refractivity (Wildman–Crippen MR) is 114 cm³/mol. The summed E-state index contributed by atoms with van der Waals surface area (Å²) in [6.07, 6.45) is 0. The number of carbonyl (C=O) groups is 1. The van der Waals surface area contributed by atoms with Gasteiger partial charge in [0.25, 0.3) is 0 Å². The topological polar surface area (TPSA) is 60.4 Å². The van der Waals surface area contributed by atoms with Crippen LogP contribution in [0.25, 0.3) is 0 Å². The van der Waals surface area contributed by atoms with Gasteiger partial charge in [-0.15, -0.1) is 0 Å². The molecule has 0 fully saturated rings. The maximum absolute atomic E-state index is 12.5. The van der Waals surface area contributed by atoms with E-state index in [1.54, 1.807) is 66.7 Å². The number of aryl methyl sites for hydroxylation is 1. The molecule has 0 radical (unpaired) electrons. The van der Waals surface area contributed by atoms with E-state index in [0.29, 0.717) is 26.7 Å². The molecule has 7 heteroatoms. The molecule has 0 aliphatic heterocycles. The van der Waals surface area contributed by atoms with Crippen LogP contribution in [0.2, 0.25) is 10.0 Å². The maximum Gasteiger partial charge on any atom is 0.338 e. The Labute approximate surface area is 180 Å². The standard InChI is InChI=1S/C22H18Cl2O4S/c1-15-2-9-19(10-3-15)29(26,27)14-16-4-7-18(8-5-16)22(25)28-13-17-6-11-20(23)21(24)12-17/h2-12H,13-14H2,1H3. The van der Waals surface area contributed by atoms with Crippen LogP contribution in [-0.2, 0) is 26.9 Å². The lowest BCUT2D eigenvalue weighted by Crippen LogP contribution is -2.07. The van der Waals surface area contributed by atoms with Crippen molar-refractivity contribution in [2.75, 3.05) is 0 Å². The van der Waals surface area contributed by atoms with E-state index in [-0.39, 0.29) is 17.3 Å². The second-order valence-corrected chi connectivity index (χ2v) is 9.40. The van der Waals surface area contributed by atoms with Crippen molar-refractivity contribution in [3.8, 4) is 0 Å². The average Bonchev–Trinajstić information content (AvgIpc) is 2.69. The smallest absolute Gasteiger partial charge is 0.338 e. The zero-order valence-electron chi connectivity index (χ0n) is 15.6. The van der Waals surface area contributed by atoms with Gasteiger partial charge in [-0.1, -0.05) is 59.1 Å². The minimum Gasteiger partial charge on any atom is -0.457 e. The van der Waals surface area contributed by atoms with Gasteiger partial charge in [0, 0.05) is 0 Å². The van der Waals surface area contributed by atoms with Crippen LogP contribution in [0.5, 0.6) is 0 Å². The summed E-state index contributed by atoms with van der Waals surface area (Å²) < 4.78 is 30.3. The van der Waals surface area contributed by atoms with Gasteiger partial charge >= 0.3 is 5.97 Å². The highest BCUT2D eigenvalue weighted by Gasteiger charge is 2.16. The molecule has 0 heterocycles. The fraction of sp³-hybridized carbons (Fsp3) is 0.136. The summed E-state index contributed by atoms with van der Waals surface area (Å²) in [5.74, 6) is -0.654. The van der Waals surface area contributed by atoms with Crippen LogP contribution in [0.1, 0.15) is 27.0 Å². The molecule has 3 rings (SSSR count). The summed E-state index contributed by atoms with van der Waals surface area (Å²) >= 11 is 11.8. The van der Waals surface area contributed by atoms with E-state index in [1.165, 1.54) is 0 Å². The van der Waals surface area contributed by atoms with Crippen molar-refractivity contribution in [2.24, 2.45) is 0 Å². The second kappa shape index (κ2) is 8.99. The lowest BCUT2D eigenvalue weighted by molar-refractivity contribution is 0.0472. The number of carbonyl (C=O) groups excluding carboxylic acids is 1. The van der Waals surface area contributed by atoms with Crippen LogP contribution in [0.4, 0.5) is 0 Å². The van der Waals surface area contributed by atoms with E-state index >= 15 is 0 Å². The largest absolute Gasteiger partial charge is 0.457 e. The molecule has 29 heavy (non-hydrogen) atoms. The van der Waals surface area contributed by atoms with Gasteiger partial charge in [-0.3, -0.25) is 0 Å². The van der Waals surface area contributed by atoms with Crippen LogP contribution in [0, 0.1) is 6.92 Å². The van der Waals surface area contributed by atoms with Crippen molar-refractivity contribution in [3.63, 3.8) is 0 Å². The van der Waals surface area contributed by atoms with Crippen LogP contribution in [0.15, 0.2) is 71.6 Å². The highest BCUT2D eigenvalue weighted by Crippen LogP contribution is 2.23. The first kappa shape index (κ1) is 21.4. The number of ether oxygens (including phenoxy) is 1. The molecular weight excluding hydrogens is 431 g/mol. The van der Waals surface area contributed by atoms with E-state index < -0.39 is 15.8 Å². The Morgan fingerprint density at radius 2 is 1.48 bits per heavy atom. The lowest BCUT2D eigenvalue weighted by Gasteiger charge is -2.08. The van der Waals surface area contributed by atoms with Crippen molar-refractivity contribution in [1.82, 2.24) is 0 Å². The van der Waals surface area contributed by atoms with Gasteiger partial charge in [0.05, 0.1) is 26.3 Å². The minimum atomic E-state index is -3.46. The Balaban J connectivity index is 1.63.